The van der Waals surface area contributed by atoms with Gasteiger partial charge in [-0.05, 0) is 17.2 Å². The molecule has 0 atom stereocenters. The predicted molar refractivity (Wildman–Crippen MR) is 76.1 cm³/mol. The van der Waals surface area contributed by atoms with Gasteiger partial charge in [-0.1, -0.05) is 30.3 Å². The van der Waals surface area contributed by atoms with Gasteiger partial charge >= 0.3 is 0 Å². The molecule has 1 fully saturated rings. The van der Waals surface area contributed by atoms with Gasteiger partial charge in [0.2, 0.25) is 0 Å². The van der Waals surface area contributed by atoms with E-state index in [-0.39, 0.29) is 0 Å². The third-order valence-corrected chi connectivity index (χ3v) is 3.53. The highest BCUT2D eigenvalue weighted by Crippen LogP contribution is 2.10. The maximum Gasteiger partial charge on any atom is 0.0594 e. The molecule has 0 saturated carbocycles. The molecule has 1 aliphatic heterocycles. The number of ether oxygens (including phenoxy) is 1. The van der Waals surface area contributed by atoms with E-state index in [1.807, 2.05) is 0 Å². The van der Waals surface area contributed by atoms with Gasteiger partial charge in [-0.2, -0.15) is 0 Å². The summed E-state index contributed by atoms with van der Waals surface area (Å²) in [6.07, 6.45) is 4.42. The van der Waals surface area contributed by atoms with Gasteiger partial charge in [0.1, 0.15) is 0 Å². The maximum atomic E-state index is 5.37. The van der Waals surface area contributed by atoms with Crippen LogP contribution in [0.5, 0.6) is 0 Å². The summed E-state index contributed by atoms with van der Waals surface area (Å²) in [5.74, 6) is 0. The molecule has 3 rings (SSSR count). The molecule has 0 radical (unpaired) electrons. The molecule has 0 amide bonds. The minimum Gasteiger partial charge on any atom is -0.379 e. The number of benzene rings is 1. The number of hydrogen-bond acceptors (Lipinski definition) is 2. The van der Waals surface area contributed by atoms with Crippen molar-refractivity contribution in [2.75, 3.05) is 26.3 Å². The second-order valence-corrected chi connectivity index (χ2v) is 5.07. The van der Waals surface area contributed by atoms with E-state index in [1.165, 1.54) is 11.1 Å². The first kappa shape index (κ1) is 12.5. The predicted octanol–water partition coefficient (Wildman–Crippen LogP) is 2.37. The Kier molecular flexibility index (Phi) is 3.96. The van der Waals surface area contributed by atoms with Crippen LogP contribution in [0.2, 0.25) is 0 Å². The Morgan fingerprint density at radius 1 is 0.895 bits per heavy atom. The van der Waals surface area contributed by atoms with Gasteiger partial charge in [0.25, 0.3) is 0 Å². The molecule has 3 nitrogen and oxygen atoms in total. The van der Waals surface area contributed by atoms with Crippen molar-refractivity contribution in [1.29, 1.82) is 0 Å². The van der Waals surface area contributed by atoms with Crippen molar-refractivity contribution in [2.45, 2.75) is 13.1 Å². The van der Waals surface area contributed by atoms with E-state index in [4.69, 9.17) is 4.74 Å². The van der Waals surface area contributed by atoms with Gasteiger partial charge in [0.15, 0.2) is 0 Å². The Morgan fingerprint density at radius 2 is 1.68 bits per heavy atom. The highest BCUT2D eigenvalue weighted by Gasteiger charge is 2.11. The molecule has 0 bridgehead atoms. The lowest BCUT2D eigenvalue weighted by molar-refractivity contribution is 0.0342. The normalized spacial score (nSPS) is 16.6. The summed E-state index contributed by atoms with van der Waals surface area (Å²) in [6, 6.07) is 12.8. The lowest BCUT2D eigenvalue weighted by Gasteiger charge is -2.26. The molecular weight excluding hydrogens is 236 g/mol. The summed E-state index contributed by atoms with van der Waals surface area (Å²) in [5, 5.41) is 0. The third kappa shape index (κ3) is 3.46. The summed E-state index contributed by atoms with van der Waals surface area (Å²) in [6.45, 7) is 5.80. The zero-order valence-electron chi connectivity index (χ0n) is 11.2. The summed E-state index contributed by atoms with van der Waals surface area (Å²) in [4.78, 5) is 2.45. The number of rotatable bonds is 4. The van der Waals surface area contributed by atoms with Gasteiger partial charge in [-0.3, -0.25) is 4.90 Å². The molecule has 0 spiro atoms. The van der Waals surface area contributed by atoms with E-state index in [0.717, 1.165) is 39.4 Å². The zero-order valence-corrected chi connectivity index (χ0v) is 11.2. The first-order chi connectivity index (χ1) is 9.40. The van der Waals surface area contributed by atoms with Gasteiger partial charge in [0, 0.05) is 38.6 Å². The summed E-state index contributed by atoms with van der Waals surface area (Å²) in [5.41, 5.74) is 2.73. The molecule has 2 aromatic rings. The summed E-state index contributed by atoms with van der Waals surface area (Å²) < 4.78 is 7.63. The fourth-order valence-electron chi connectivity index (χ4n) is 2.49. The van der Waals surface area contributed by atoms with Crippen LogP contribution in [-0.4, -0.2) is 35.8 Å². The van der Waals surface area contributed by atoms with E-state index in [2.05, 4.69) is 58.3 Å². The second kappa shape index (κ2) is 6.04. The van der Waals surface area contributed by atoms with Crippen LogP contribution in [0.15, 0.2) is 48.8 Å². The molecule has 0 aliphatic carbocycles. The molecular formula is C16H20N2O. The molecule has 3 heteroatoms. The average Bonchev–Trinajstić information content (AvgIpc) is 2.88. The van der Waals surface area contributed by atoms with E-state index in [9.17, 15) is 0 Å². The molecule has 100 valence electrons. The molecule has 1 aromatic heterocycles. The van der Waals surface area contributed by atoms with Crippen LogP contribution in [-0.2, 0) is 17.8 Å². The van der Waals surface area contributed by atoms with Crippen molar-refractivity contribution in [2.24, 2.45) is 0 Å². The van der Waals surface area contributed by atoms with Crippen LogP contribution in [0.3, 0.4) is 0 Å². The van der Waals surface area contributed by atoms with Crippen LogP contribution in [0, 0.1) is 0 Å². The van der Waals surface area contributed by atoms with E-state index in [1.54, 1.807) is 0 Å². The summed E-state index contributed by atoms with van der Waals surface area (Å²) >= 11 is 0. The Bertz CT molecular complexity index is 500. The number of nitrogens with zero attached hydrogens (tertiary/aromatic N) is 2. The van der Waals surface area contributed by atoms with Gasteiger partial charge in [-0.25, -0.2) is 0 Å². The van der Waals surface area contributed by atoms with Crippen molar-refractivity contribution in [1.82, 2.24) is 9.47 Å². The number of hydrogen-bond donors (Lipinski definition) is 0. The topological polar surface area (TPSA) is 17.4 Å². The van der Waals surface area contributed by atoms with Crippen LogP contribution >= 0.6 is 0 Å². The standard InChI is InChI=1S/C16H20N2O/c1-2-4-15(5-3-1)12-18-7-6-16(14-18)13-17-8-10-19-11-9-17/h1-7,14H,8-13H2. The van der Waals surface area contributed by atoms with E-state index in [0.29, 0.717) is 0 Å². The third-order valence-electron chi connectivity index (χ3n) is 3.53. The highest BCUT2D eigenvalue weighted by molar-refractivity contribution is 5.17. The second-order valence-electron chi connectivity index (χ2n) is 5.07. The molecule has 0 unspecified atom stereocenters. The largest absolute Gasteiger partial charge is 0.379 e. The Hall–Kier alpha value is -1.58. The van der Waals surface area contributed by atoms with Gasteiger partial charge < -0.3 is 9.30 Å². The van der Waals surface area contributed by atoms with E-state index < -0.39 is 0 Å². The average molecular weight is 256 g/mol. The molecule has 19 heavy (non-hydrogen) atoms. The van der Waals surface area contributed by atoms with E-state index >= 15 is 0 Å². The molecule has 1 aromatic carbocycles. The Balaban J connectivity index is 1.59. The van der Waals surface area contributed by atoms with Crippen molar-refractivity contribution < 1.29 is 4.74 Å². The monoisotopic (exact) mass is 256 g/mol. The SMILES string of the molecule is c1ccc(Cn2ccc(CN3CCOCC3)c2)cc1. The molecule has 2 heterocycles. The molecule has 1 aliphatic rings. The van der Waals surface area contributed by atoms with Crippen molar-refractivity contribution in [3.63, 3.8) is 0 Å². The molecule has 0 N–H and O–H groups in total. The van der Waals surface area contributed by atoms with Crippen molar-refractivity contribution >= 4 is 0 Å². The smallest absolute Gasteiger partial charge is 0.0594 e. The first-order valence-electron chi connectivity index (χ1n) is 6.89. The van der Waals surface area contributed by atoms with Crippen LogP contribution in [0.4, 0.5) is 0 Å². The highest BCUT2D eigenvalue weighted by atomic mass is 16.5. The van der Waals surface area contributed by atoms with Crippen LogP contribution in [0.25, 0.3) is 0 Å². The van der Waals surface area contributed by atoms with Crippen LogP contribution < -0.4 is 0 Å². The minimum atomic E-state index is 0.866. The Labute approximate surface area is 114 Å². The van der Waals surface area contributed by atoms with Crippen molar-refractivity contribution in [3.8, 4) is 0 Å². The zero-order chi connectivity index (χ0) is 12.9. The van der Waals surface area contributed by atoms with Crippen molar-refractivity contribution in [3.05, 3.63) is 59.9 Å². The first-order valence-corrected chi connectivity index (χ1v) is 6.89. The maximum absolute atomic E-state index is 5.37. The summed E-state index contributed by atoms with van der Waals surface area (Å²) in [7, 11) is 0. The van der Waals surface area contributed by atoms with Gasteiger partial charge in [0.05, 0.1) is 13.2 Å². The fraction of sp³-hybridized carbons (Fsp3) is 0.375. The lowest BCUT2D eigenvalue weighted by atomic mass is 10.2. The lowest BCUT2D eigenvalue weighted by Crippen LogP contribution is -2.35. The Morgan fingerprint density at radius 3 is 2.47 bits per heavy atom. The molecule has 1 saturated heterocycles. The van der Waals surface area contributed by atoms with Crippen LogP contribution in [0.1, 0.15) is 11.1 Å². The van der Waals surface area contributed by atoms with Gasteiger partial charge in [-0.15, -0.1) is 0 Å². The number of aromatic nitrogens is 1. The fourth-order valence-corrected chi connectivity index (χ4v) is 2.49. The minimum absolute atomic E-state index is 0.866. The number of morpholine rings is 1. The quantitative estimate of drug-likeness (QED) is 0.835.